The Hall–Kier alpha value is -2.90. The van der Waals surface area contributed by atoms with E-state index in [1.807, 2.05) is 0 Å². The molecule has 0 saturated carbocycles. The van der Waals surface area contributed by atoms with Gasteiger partial charge in [0.1, 0.15) is 0 Å². The van der Waals surface area contributed by atoms with E-state index in [1.165, 1.54) is 55.8 Å². The summed E-state index contributed by atoms with van der Waals surface area (Å²) in [6.07, 6.45) is 6.91. The van der Waals surface area contributed by atoms with Crippen LogP contribution >= 0.6 is 15.9 Å². The first-order chi connectivity index (χ1) is 15.8. The Morgan fingerprint density at radius 1 is 0.750 bits per heavy atom. The van der Waals surface area contributed by atoms with Crippen LogP contribution in [0.1, 0.15) is 41.0 Å². The Morgan fingerprint density at radius 3 is 2.38 bits per heavy atom. The highest BCUT2D eigenvalue weighted by Crippen LogP contribution is 2.34. The van der Waals surface area contributed by atoms with Gasteiger partial charge in [0.2, 0.25) is 0 Å². The van der Waals surface area contributed by atoms with Crippen LogP contribution in [-0.4, -0.2) is 0 Å². The molecule has 1 heteroatoms. The normalized spacial score (nSPS) is 16.5. The van der Waals surface area contributed by atoms with Crippen molar-refractivity contribution >= 4 is 27.6 Å². The second kappa shape index (κ2) is 8.22. The third-order valence-corrected chi connectivity index (χ3v) is 7.64. The molecule has 0 saturated heterocycles. The third-order valence-electron chi connectivity index (χ3n) is 7.11. The van der Waals surface area contributed by atoms with Gasteiger partial charge in [-0.05, 0) is 93.1 Å². The molecule has 156 valence electrons. The Kier molecular flexibility index (Phi) is 5.08. The van der Waals surface area contributed by atoms with E-state index in [1.54, 1.807) is 0 Å². The number of benzene rings is 4. The van der Waals surface area contributed by atoms with Crippen molar-refractivity contribution in [3.63, 3.8) is 0 Å². The molecule has 2 aliphatic rings. The van der Waals surface area contributed by atoms with Gasteiger partial charge in [-0.1, -0.05) is 101 Å². The molecule has 0 bridgehead atoms. The van der Waals surface area contributed by atoms with Crippen molar-refractivity contribution < 1.29 is 0 Å². The summed E-state index contributed by atoms with van der Waals surface area (Å²) in [7, 11) is 0. The van der Waals surface area contributed by atoms with Crippen LogP contribution in [0, 0.1) is 0 Å². The number of hydrogen-bond donors (Lipinski definition) is 0. The largest absolute Gasteiger partial charge is 0.0716 e. The maximum absolute atomic E-state index is 3.61. The number of fused-ring (bicyclic) bond motifs is 5. The molecule has 1 unspecified atom stereocenters. The minimum absolute atomic E-state index is 0.558. The van der Waals surface area contributed by atoms with Crippen molar-refractivity contribution in [1.82, 2.24) is 0 Å². The molecule has 0 N–H and O–H groups in total. The predicted molar refractivity (Wildman–Crippen MR) is 138 cm³/mol. The molecule has 4 aromatic rings. The summed E-state index contributed by atoms with van der Waals surface area (Å²) in [6, 6.07) is 33.6. The fraction of sp³-hybridized carbons (Fsp3) is 0.161. The lowest BCUT2D eigenvalue weighted by Crippen LogP contribution is -2.38. The number of halogens is 1. The van der Waals surface area contributed by atoms with Crippen molar-refractivity contribution in [1.29, 1.82) is 0 Å². The Bertz CT molecular complexity index is 1410. The highest BCUT2D eigenvalue weighted by molar-refractivity contribution is 9.10. The zero-order valence-corrected chi connectivity index (χ0v) is 19.6. The first-order valence-corrected chi connectivity index (χ1v) is 12.3. The van der Waals surface area contributed by atoms with E-state index in [2.05, 4.69) is 113 Å². The summed E-state index contributed by atoms with van der Waals surface area (Å²) in [5, 5.41) is 2.93. The molecule has 0 heterocycles. The molecule has 6 rings (SSSR count). The lowest BCUT2D eigenvalue weighted by Gasteiger charge is -2.28. The first-order valence-electron chi connectivity index (χ1n) is 11.5. The van der Waals surface area contributed by atoms with Gasteiger partial charge in [-0.3, -0.25) is 0 Å². The van der Waals surface area contributed by atoms with Crippen LogP contribution in [0.25, 0.3) is 22.8 Å². The van der Waals surface area contributed by atoms with E-state index < -0.39 is 0 Å². The second-order valence-electron chi connectivity index (χ2n) is 8.97. The summed E-state index contributed by atoms with van der Waals surface area (Å²) in [4.78, 5) is 0. The maximum Gasteiger partial charge on any atom is 0.0175 e. The molecule has 4 aromatic carbocycles. The topological polar surface area (TPSA) is 0 Å². The van der Waals surface area contributed by atoms with Gasteiger partial charge in [-0.2, -0.15) is 0 Å². The second-order valence-corrected chi connectivity index (χ2v) is 9.88. The minimum Gasteiger partial charge on any atom is -0.0716 e. The molecule has 0 fully saturated rings. The van der Waals surface area contributed by atoms with Crippen LogP contribution in [0.15, 0.2) is 95.5 Å². The molecular weight excluding hydrogens is 452 g/mol. The molecular formula is C31H25Br. The van der Waals surface area contributed by atoms with E-state index in [-0.39, 0.29) is 0 Å². The summed E-state index contributed by atoms with van der Waals surface area (Å²) in [6.45, 7) is 0. The van der Waals surface area contributed by atoms with Crippen LogP contribution < -0.4 is 10.4 Å². The monoisotopic (exact) mass is 476 g/mol. The highest BCUT2D eigenvalue weighted by atomic mass is 79.9. The minimum atomic E-state index is 0.558. The van der Waals surface area contributed by atoms with Crippen molar-refractivity contribution in [3.05, 3.63) is 128 Å². The van der Waals surface area contributed by atoms with Gasteiger partial charge in [0.15, 0.2) is 0 Å². The molecule has 2 aliphatic carbocycles. The third kappa shape index (κ3) is 3.45. The van der Waals surface area contributed by atoms with Gasteiger partial charge in [0.05, 0.1) is 0 Å². The first kappa shape index (κ1) is 19.8. The van der Waals surface area contributed by atoms with E-state index in [9.17, 15) is 0 Å². The van der Waals surface area contributed by atoms with Crippen LogP contribution in [0.4, 0.5) is 0 Å². The molecule has 0 amide bonds. The summed E-state index contributed by atoms with van der Waals surface area (Å²) in [5.74, 6) is 0.558. The van der Waals surface area contributed by atoms with E-state index in [0.29, 0.717) is 5.92 Å². The van der Waals surface area contributed by atoms with Crippen molar-refractivity contribution in [2.45, 2.75) is 31.6 Å². The lowest BCUT2D eigenvalue weighted by atomic mass is 9.76. The van der Waals surface area contributed by atoms with Gasteiger partial charge < -0.3 is 0 Å². The smallest absolute Gasteiger partial charge is 0.0175 e. The number of hydrogen-bond acceptors (Lipinski definition) is 0. The molecule has 1 atom stereocenters. The average Bonchev–Trinajstić information content (AvgIpc) is 2.85. The quantitative estimate of drug-likeness (QED) is 0.306. The van der Waals surface area contributed by atoms with Gasteiger partial charge in [-0.25, -0.2) is 0 Å². The fourth-order valence-corrected chi connectivity index (χ4v) is 5.85. The van der Waals surface area contributed by atoms with Gasteiger partial charge >= 0.3 is 0 Å². The Labute approximate surface area is 198 Å². The van der Waals surface area contributed by atoms with Crippen molar-refractivity contribution in [2.24, 2.45) is 0 Å². The van der Waals surface area contributed by atoms with E-state index in [0.717, 1.165) is 23.7 Å². The Balaban J connectivity index is 1.60. The standard InChI is InChI=1S/C31H25Br/c32-25-14-10-23(11-15-25)27-16-13-24(20-21-6-2-1-3-7-21)28-18-19-29-26-9-5-4-8-22(26)12-17-30(29)31(27)28/h1-11,14-15,17-19,24H,12-13,16,20H2. The van der Waals surface area contributed by atoms with Crippen LogP contribution in [0.2, 0.25) is 0 Å². The molecule has 0 aromatic heterocycles. The number of rotatable bonds is 3. The molecule has 32 heavy (non-hydrogen) atoms. The van der Waals surface area contributed by atoms with Crippen LogP contribution in [0.3, 0.4) is 0 Å². The average molecular weight is 477 g/mol. The van der Waals surface area contributed by atoms with Gasteiger partial charge in [-0.15, -0.1) is 0 Å². The Morgan fingerprint density at radius 2 is 1.53 bits per heavy atom. The summed E-state index contributed by atoms with van der Waals surface area (Å²) in [5.41, 5.74) is 10.0. The SMILES string of the molecule is Brc1ccc(C2=c3c(ccc4c3=CCc3ccccc3-4)C(Cc3ccccc3)CC2)cc1. The predicted octanol–water partition coefficient (Wildman–Crippen LogP) is 6.77. The molecule has 0 radical (unpaired) electrons. The van der Waals surface area contributed by atoms with Crippen LogP contribution in [0.5, 0.6) is 0 Å². The van der Waals surface area contributed by atoms with E-state index >= 15 is 0 Å². The van der Waals surface area contributed by atoms with Crippen molar-refractivity contribution in [2.75, 3.05) is 0 Å². The van der Waals surface area contributed by atoms with Gasteiger partial charge in [0.25, 0.3) is 0 Å². The highest BCUT2D eigenvalue weighted by Gasteiger charge is 2.24. The zero-order valence-electron chi connectivity index (χ0n) is 18.0. The van der Waals surface area contributed by atoms with E-state index in [4.69, 9.17) is 0 Å². The molecule has 0 spiro atoms. The summed E-state index contributed by atoms with van der Waals surface area (Å²) >= 11 is 3.61. The van der Waals surface area contributed by atoms with Gasteiger partial charge in [0, 0.05) is 4.47 Å². The summed E-state index contributed by atoms with van der Waals surface area (Å²) < 4.78 is 1.13. The lowest BCUT2D eigenvalue weighted by molar-refractivity contribution is 0.615. The zero-order chi connectivity index (χ0) is 21.5. The maximum atomic E-state index is 3.61. The van der Waals surface area contributed by atoms with Crippen molar-refractivity contribution in [3.8, 4) is 11.1 Å². The van der Waals surface area contributed by atoms with Crippen LogP contribution in [-0.2, 0) is 12.8 Å². The molecule has 0 aliphatic heterocycles. The molecule has 0 nitrogen and oxygen atoms in total. The fourth-order valence-electron chi connectivity index (χ4n) is 5.58.